The molecular formula is C12H15NO3. The van der Waals surface area contributed by atoms with Crippen LogP contribution < -0.4 is 10.1 Å². The van der Waals surface area contributed by atoms with Gasteiger partial charge in [0.1, 0.15) is 5.75 Å². The van der Waals surface area contributed by atoms with Crippen LogP contribution in [0, 0.1) is 0 Å². The summed E-state index contributed by atoms with van der Waals surface area (Å²) in [5, 5.41) is 3.03. The van der Waals surface area contributed by atoms with Crippen LogP contribution in [0.5, 0.6) is 5.75 Å². The minimum Gasteiger partial charge on any atom is -0.493 e. The third-order valence-electron chi connectivity index (χ3n) is 2.58. The van der Waals surface area contributed by atoms with E-state index in [1.165, 1.54) is 12.7 Å². The second-order valence-electron chi connectivity index (χ2n) is 3.72. The van der Waals surface area contributed by atoms with Crippen molar-refractivity contribution in [1.29, 1.82) is 0 Å². The lowest BCUT2D eigenvalue weighted by Gasteiger charge is -2.05. The van der Waals surface area contributed by atoms with E-state index in [0.717, 1.165) is 24.3 Å². The first kappa shape index (κ1) is 11.0. The van der Waals surface area contributed by atoms with E-state index in [1.807, 2.05) is 12.1 Å². The summed E-state index contributed by atoms with van der Waals surface area (Å²) in [5.41, 5.74) is 2.41. The van der Waals surface area contributed by atoms with Gasteiger partial charge >= 0.3 is 5.97 Å². The van der Waals surface area contributed by atoms with E-state index in [2.05, 4.69) is 16.1 Å². The van der Waals surface area contributed by atoms with Gasteiger partial charge in [-0.2, -0.15) is 0 Å². The maximum atomic E-state index is 10.9. The SMILES string of the molecule is COC(=O)CNCc1ccc2c(c1)CCO2. The molecule has 0 spiro atoms. The van der Waals surface area contributed by atoms with Crippen molar-refractivity contribution in [3.63, 3.8) is 0 Å². The summed E-state index contributed by atoms with van der Waals surface area (Å²) in [7, 11) is 1.39. The van der Waals surface area contributed by atoms with Crippen molar-refractivity contribution in [3.05, 3.63) is 29.3 Å². The van der Waals surface area contributed by atoms with Crippen molar-refractivity contribution >= 4 is 5.97 Å². The molecule has 0 unspecified atom stereocenters. The molecule has 4 nitrogen and oxygen atoms in total. The zero-order valence-corrected chi connectivity index (χ0v) is 9.29. The van der Waals surface area contributed by atoms with Crippen LogP contribution >= 0.6 is 0 Å². The highest BCUT2D eigenvalue weighted by molar-refractivity contribution is 5.71. The Bertz CT molecular complexity index is 390. The van der Waals surface area contributed by atoms with Crippen LogP contribution in [0.2, 0.25) is 0 Å². The molecule has 16 heavy (non-hydrogen) atoms. The Labute approximate surface area is 94.6 Å². The average Bonchev–Trinajstić information content (AvgIpc) is 2.76. The lowest BCUT2D eigenvalue weighted by atomic mass is 10.1. The summed E-state index contributed by atoms with van der Waals surface area (Å²) >= 11 is 0. The summed E-state index contributed by atoms with van der Waals surface area (Å²) in [4.78, 5) is 10.9. The number of carbonyl (C=O) groups excluding carboxylic acids is 1. The zero-order chi connectivity index (χ0) is 11.4. The first-order valence-corrected chi connectivity index (χ1v) is 5.32. The molecule has 0 bridgehead atoms. The van der Waals surface area contributed by atoms with Crippen molar-refractivity contribution in [3.8, 4) is 5.75 Å². The minimum atomic E-state index is -0.246. The molecule has 1 N–H and O–H groups in total. The highest BCUT2D eigenvalue weighted by atomic mass is 16.5. The molecule has 0 radical (unpaired) electrons. The molecule has 0 atom stereocenters. The fourth-order valence-electron chi connectivity index (χ4n) is 1.73. The van der Waals surface area contributed by atoms with Crippen LogP contribution in [0.3, 0.4) is 0 Å². The molecule has 1 aromatic rings. The van der Waals surface area contributed by atoms with Crippen LogP contribution in [0.15, 0.2) is 18.2 Å². The third-order valence-corrected chi connectivity index (χ3v) is 2.58. The normalized spacial score (nSPS) is 13.1. The number of carbonyl (C=O) groups is 1. The van der Waals surface area contributed by atoms with Gasteiger partial charge in [0.05, 0.1) is 20.3 Å². The van der Waals surface area contributed by atoms with E-state index in [-0.39, 0.29) is 12.5 Å². The van der Waals surface area contributed by atoms with E-state index in [4.69, 9.17) is 4.74 Å². The first-order chi connectivity index (χ1) is 7.79. The van der Waals surface area contributed by atoms with Crippen LogP contribution in [-0.4, -0.2) is 26.2 Å². The molecule has 0 fully saturated rings. The molecule has 0 aliphatic carbocycles. The van der Waals surface area contributed by atoms with E-state index < -0.39 is 0 Å². The molecule has 0 aromatic heterocycles. The number of hydrogen-bond donors (Lipinski definition) is 1. The van der Waals surface area contributed by atoms with Gasteiger partial charge in [-0.3, -0.25) is 4.79 Å². The lowest BCUT2D eigenvalue weighted by Crippen LogP contribution is -2.23. The van der Waals surface area contributed by atoms with Crippen molar-refractivity contribution in [2.24, 2.45) is 0 Å². The number of esters is 1. The van der Waals surface area contributed by atoms with Gasteiger partial charge in [-0.15, -0.1) is 0 Å². The van der Waals surface area contributed by atoms with Gasteiger partial charge in [0.25, 0.3) is 0 Å². The highest BCUT2D eigenvalue weighted by Gasteiger charge is 2.11. The molecule has 1 aliphatic rings. The Morgan fingerprint density at radius 2 is 2.44 bits per heavy atom. The van der Waals surface area contributed by atoms with Gasteiger partial charge in [-0.1, -0.05) is 12.1 Å². The quantitative estimate of drug-likeness (QED) is 0.767. The van der Waals surface area contributed by atoms with E-state index >= 15 is 0 Å². The Balaban J connectivity index is 1.88. The summed E-state index contributed by atoms with van der Waals surface area (Å²) in [6.07, 6.45) is 0.972. The smallest absolute Gasteiger partial charge is 0.319 e. The second-order valence-corrected chi connectivity index (χ2v) is 3.72. The van der Waals surface area contributed by atoms with Gasteiger partial charge in [0.2, 0.25) is 0 Å². The molecule has 4 heteroatoms. The first-order valence-electron chi connectivity index (χ1n) is 5.32. The van der Waals surface area contributed by atoms with Gasteiger partial charge in [0, 0.05) is 13.0 Å². The molecule has 1 aromatic carbocycles. The summed E-state index contributed by atoms with van der Waals surface area (Å²) in [6, 6.07) is 6.11. The highest BCUT2D eigenvalue weighted by Crippen LogP contribution is 2.25. The molecule has 2 rings (SSSR count). The Morgan fingerprint density at radius 1 is 1.56 bits per heavy atom. The number of ether oxygens (including phenoxy) is 2. The van der Waals surface area contributed by atoms with Crippen LogP contribution in [0.4, 0.5) is 0 Å². The van der Waals surface area contributed by atoms with Gasteiger partial charge in [-0.05, 0) is 17.2 Å². The molecule has 0 saturated carbocycles. The number of benzene rings is 1. The number of nitrogens with one attached hydrogen (secondary N) is 1. The molecular weight excluding hydrogens is 206 g/mol. The maximum Gasteiger partial charge on any atom is 0.319 e. The van der Waals surface area contributed by atoms with Gasteiger partial charge in [-0.25, -0.2) is 0 Å². The fraction of sp³-hybridized carbons (Fsp3) is 0.417. The van der Waals surface area contributed by atoms with E-state index in [0.29, 0.717) is 6.54 Å². The number of hydrogen-bond acceptors (Lipinski definition) is 4. The molecule has 0 saturated heterocycles. The second kappa shape index (κ2) is 4.99. The largest absolute Gasteiger partial charge is 0.493 e. The van der Waals surface area contributed by atoms with Gasteiger partial charge in [0.15, 0.2) is 0 Å². The van der Waals surface area contributed by atoms with Crippen molar-refractivity contribution in [2.75, 3.05) is 20.3 Å². The Hall–Kier alpha value is -1.55. The summed E-state index contributed by atoms with van der Waals surface area (Å²) < 4.78 is 9.96. The summed E-state index contributed by atoms with van der Waals surface area (Å²) in [6.45, 7) is 1.68. The van der Waals surface area contributed by atoms with Crippen molar-refractivity contribution in [2.45, 2.75) is 13.0 Å². The predicted octanol–water partition coefficient (Wildman–Crippen LogP) is 0.884. The maximum absolute atomic E-state index is 10.9. The third kappa shape index (κ3) is 2.52. The Morgan fingerprint density at radius 3 is 3.25 bits per heavy atom. The molecule has 86 valence electrons. The van der Waals surface area contributed by atoms with Crippen LogP contribution in [0.25, 0.3) is 0 Å². The minimum absolute atomic E-state index is 0.240. The van der Waals surface area contributed by atoms with Gasteiger partial charge < -0.3 is 14.8 Å². The number of fused-ring (bicyclic) bond motifs is 1. The summed E-state index contributed by atoms with van der Waals surface area (Å²) in [5.74, 6) is 0.737. The number of methoxy groups -OCH3 is 1. The Kier molecular flexibility index (Phi) is 3.41. The number of rotatable bonds is 4. The van der Waals surface area contributed by atoms with Crippen molar-refractivity contribution < 1.29 is 14.3 Å². The van der Waals surface area contributed by atoms with E-state index in [9.17, 15) is 4.79 Å². The van der Waals surface area contributed by atoms with Crippen molar-refractivity contribution in [1.82, 2.24) is 5.32 Å². The lowest BCUT2D eigenvalue weighted by molar-refractivity contribution is -0.139. The topological polar surface area (TPSA) is 47.6 Å². The molecule has 1 aliphatic heterocycles. The standard InChI is InChI=1S/C12H15NO3/c1-15-12(14)8-13-7-9-2-3-11-10(6-9)4-5-16-11/h2-3,6,13H,4-5,7-8H2,1H3. The monoisotopic (exact) mass is 221 g/mol. The van der Waals surface area contributed by atoms with Crippen LogP contribution in [-0.2, 0) is 22.5 Å². The van der Waals surface area contributed by atoms with Crippen LogP contribution in [0.1, 0.15) is 11.1 Å². The average molecular weight is 221 g/mol. The zero-order valence-electron chi connectivity index (χ0n) is 9.29. The molecule has 0 amide bonds. The van der Waals surface area contributed by atoms with E-state index in [1.54, 1.807) is 0 Å². The fourth-order valence-corrected chi connectivity index (χ4v) is 1.73. The molecule has 1 heterocycles. The predicted molar refractivity (Wildman–Crippen MR) is 59.4 cm³/mol.